The van der Waals surface area contributed by atoms with Gasteiger partial charge < -0.3 is 16.0 Å². The molecule has 0 saturated heterocycles. The van der Waals surface area contributed by atoms with Crippen molar-refractivity contribution in [1.29, 1.82) is 0 Å². The minimum Gasteiger partial charge on any atom is -0.467 e. The van der Waals surface area contributed by atoms with Gasteiger partial charge in [-0.1, -0.05) is 19.8 Å². The first kappa shape index (κ1) is 13.5. The van der Waals surface area contributed by atoms with E-state index in [0.717, 1.165) is 13.5 Å². The number of nitrogens with zero attached hydrogens (tertiary/aromatic N) is 2. The Kier molecular flexibility index (Phi) is 5.44. The van der Waals surface area contributed by atoms with E-state index >= 15 is 0 Å². The number of Topliss-reactive ketones (excluding diaryl/α,β-unsaturated/α-hetero) is 1. The Labute approximate surface area is 88.0 Å². The molecular formula is C9H15N3O3. The zero-order valence-electron chi connectivity index (χ0n) is 8.90. The summed E-state index contributed by atoms with van der Waals surface area (Å²) < 4.78 is 4.45. The summed E-state index contributed by atoms with van der Waals surface area (Å²) in [5.41, 5.74) is 12.1. The van der Waals surface area contributed by atoms with Crippen LogP contribution in [0.3, 0.4) is 0 Å². The summed E-state index contributed by atoms with van der Waals surface area (Å²) in [6, 6.07) is 0. The fourth-order valence-electron chi connectivity index (χ4n) is 1.13. The maximum Gasteiger partial charge on any atom is 0.334 e. The van der Waals surface area contributed by atoms with Gasteiger partial charge in [-0.2, -0.15) is 4.79 Å². The molecule has 1 atom stereocenters. The number of carbonyl (C=O) groups excluding carboxylic acids is 2. The monoisotopic (exact) mass is 213 g/mol. The predicted molar refractivity (Wildman–Crippen MR) is 53.1 cm³/mol. The van der Waals surface area contributed by atoms with E-state index in [1.54, 1.807) is 0 Å². The fourth-order valence-corrected chi connectivity index (χ4v) is 1.13. The van der Waals surface area contributed by atoms with Crippen LogP contribution < -0.4 is 5.73 Å². The molecule has 15 heavy (non-hydrogen) atoms. The molecule has 0 fully saturated rings. The van der Waals surface area contributed by atoms with Crippen molar-refractivity contribution in [3.05, 3.63) is 5.53 Å². The number of hydrogen-bond donors (Lipinski definition) is 1. The first-order valence-corrected chi connectivity index (χ1v) is 4.62. The molecule has 0 saturated carbocycles. The highest BCUT2D eigenvalue weighted by Crippen LogP contribution is 2.13. The highest BCUT2D eigenvalue weighted by atomic mass is 16.5. The van der Waals surface area contributed by atoms with Crippen LogP contribution in [0.25, 0.3) is 5.53 Å². The van der Waals surface area contributed by atoms with E-state index < -0.39 is 17.3 Å². The number of ketones is 1. The first-order valence-electron chi connectivity index (χ1n) is 4.62. The summed E-state index contributed by atoms with van der Waals surface area (Å²) in [5, 5.41) is 0. The van der Waals surface area contributed by atoms with Gasteiger partial charge in [0.05, 0.1) is 7.11 Å². The molecule has 0 amide bonds. The van der Waals surface area contributed by atoms with Gasteiger partial charge in [-0.05, 0) is 6.42 Å². The molecule has 84 valence electrons. The average molecular weight is 213 g/mol. The van der Waals surface area contributed by atoms with Gasteiger partial charge in [0.2, 0.25) is 0 Å². The lowest BCUT2D eigenvalue weighted by Crippen LogP contribution is -2.56. The van der Waals surface area contributed by atoms with Crippen LogP contribution in [0.4, 0.5) is 0 Å². The normalized spacial score (nSPS) is 13.5. The zero-order valence-corrected chi connectivity index (χ0v) is 8.90. The van der Waals surface area contributed by atoms with E-state index in [2.05, 4.69) is 9.53 Å². The lowest BCUT2D eigenvalue weighted by Gasteiger charge is -2.21. The highest BCUT2D eigenvalue weighted by molar-refractivity contribution is 6.35. The molecule has 6 heteroatoms. The molecule has 1 unspecified atom stereocenters. The maximum absolute atomic E-state index is 11.4. The Morgan fingerprint density at radius 2 is 2.20 bits per heavy atom. The third-order valence-corrected chi connectivity index (χ3v) is 2.09. The quantitative estimate of drug-likeness (QED) is 0.219. The van der Waals surface area contributed by atoms with Gasteiger partial charge in [0.15, 0.2) is 5.54 Å². The van der Waals surface area contributed by atoms with E-state index in [-0.39, 0.29) is 6.42 Å². The van der Waals surface area contributed by atoms with E-state index in [4.69, 9.17) is 11.3 Å². The average Bonchev–Trinajstić information content (AvgIpc) is 2.24. The molecule has 0 aliphatic carbocycles. The fraction of sp³-hybridized carbons (Fsp3) is 0.667. The van der Waals surface area contributed by atoms with Crippen LogP contribution in [-0.4, -0.2) is 35.4 Å². The van der Waals surface area contributed by atoms with Crippen molar-refractivity contribution in [2.75, 3.05) is 7.11 Å². The second-order valence-corrected chi connectivity index (χ2v) is 3.18. The van der Waals surface area contributed by atoms with Crippen molar-refractivity contribution in [2.45, 2.75) is 31.7 Å². The van der Waals surface area contributed by atoms with Crippen molar-refractivity contribution in [2.24, 2.45) is 5.73 Å². The molecule has 0 radical (unpaired) electrons. The number of nitrogens with two attached hydrogens (primary N) is 1. The Bertz CT molecular complexity index is 297. The second-order valence-electron chi connectivity index (χ2n) is 3.18. The molecule has 0 aromatic rings. The van der Waals surface area contributed by atoms with Crippen molar-refractivity contribution in [3.63, 3.8) is 0 Å². The number of rotatable bonds is 6. The summed E-state index contributed by atoms with van der Waals surface area (Å²) in [7, 11) is 1.15. The Balaban J connectivity index is 4.91. The van der Waals surface area contributed by atoms with Crippen LogP contribution in [0.5, 0.6) is 0 Å². The molecule has 0 bridgehead atoms. The van der Waals surface area contributed by atoms with Crippen LogP contribution in [0.1, 0.15) is 26.2 Å². The van der Waals surface area contributed by atoms with Gasteiger partial charge in [0, 0.05) is 0 Å². The summed E-state index contributed by atoms with van der Waals surface area (Å²) in [6.45, 7) is 1.91. The molecule has 6 nitrogen and oxygen atoms in total. The van der Waals surface area contributed by atoms with E-state index in [1.807, 2.05) is 6.92 Å². The highest BCUT2D eigenvalue weighted by Gasteiger charge is 2.43. The van der Waals surface area contributed by atoms with Gasteiger partial charge in [0.1, 0.15) is 0 Å². The molecular weight excluding hydrogens is 198 g/mol. The van der Waals surface area contributed by atoms with Crippen LogP contribution in [0.2, 0.25) is 0 Å². The van der Waals surface area contributed by atoms with Crippen LogP contribution in [-0.2, 0) is 14.3 Å². The first-order chi connectivity index (χ1) is 7.02. The topological polar surface area (TPSA) is 106 Å². The van der Waals surface area contributed by atoms with Crippen LogP contribution >= 0.6 is 0 Å². The van der Waals surface area contributed by atoms with Crippen molar-refractivity contribution >= 4 is 18.0 Å². The van der Waals surface area contributed by atoms with Gasteiger partial charge in [-0.15, -0.1) is 0 Å². The minimum atomic E-state index is -1.74. The van der Waals surface area contributed by atoms with Gasteiger partial charge in [-0.3, -0.25) is 4.79 Å². The van der Waals surface area contributed by atoms with Crippen molar-refractivity contribution < 1.29 is 19.1 Å². The molecule has 0 aromatic heterocycles. The lowest BCUT2D eigenvalue weighted by molar-refractivity contribution is -0.150. The van der Waals surface area contributed by atoms with E-state index in [1.165, 1.54) is 0 Å². The summed E-state index contributed by atoms with van der Waals surface area (Å²) >= 11 is 0. The van der Waals surface area contributed by atoms with Crippen molar-refractivity contribution in [1.82, 2.24) is 0 Å². The van der Waals surface area contributed by atoms with Gasteiger partial charge in [0.25, 0.3) is 5.78 Å². The standard InChI is InChI=1S/C9H15N3O3/c1-3-4-5-9(10,8(14)15-2)7(13)6-12-11/h6H,3-5,10H2,1-2H3. The number of hydrogen-bond acceptors (Lipinski definition) is 4. The Morgan fingerprint density at radius 1 is 1.60 bits per heavy atom. The van der Waals surface area contributed by atoms with Gasteiger partial charge in [-0.25, -0.2) is 4.79 Å². The smallest absolute Gasteiger partial charge is 0.334 e. The molecule has 0 heterocycles. The Morgan fingerprint density at radius 3 is 2.60 bits per heavy atom. The second kappa shape index (κ2) is 6.06. The minimum absolute atomic E-state index is 0.168. The Hall–Kier alpha value is -1.52. The van der Waals surface area contributed by atoms with Crippen LogP contribution in [0.15, 0.2) is 0 Å². The summed E-state index contributed by atoms with van der Waals surface area (Å²) in [6.07, 6.45) is 2.18. The largest absolute Gasteiger partial charge is 0.467 e. The van der Waals surface area contributed by atoms with Crippen LogP contribution in [0, 0.1) is 0 Å². The molecule has 0 aliphatic heterocycles. The molecule has 2 N–H and O–H groups in total. The predicted octanol–water partition coefficient (Wildman–Crippen LogP) is -0.0832. The summed E-state index contributed by atoms with van der Waals surface area (Å²) in [5.74, 6) is -1.58. The number of carbonyl (C=O) groups is 2. The molecule has 0 aliphatic rings. The lowest BCUT2D eigenvalue weighted by atomic mass is 9.89. The van der Waals surface area contributed by atoms with Crippen molar-refractivity contribution in [3.8, 4) is 0 Å². The van der Waals surface area contributed by atoms with E-state index in [9.17, 15) is 9.59 Å². The number of methoxy groups -OCH3 is 1. The number of unbranched alkanes of at least 4 members (excludes halogenated alkanes) is 1. The van der Waals surface area contributed by atoms with E-state index in [0.29, 0.717) is 12.6 Å². The maximum atomic E-state index is 11.4. The number of ether oxygens (including phenoxy) is 1. The zero-order chi connectivity index (χ0) is 11.9. The molecule has 0 aromatic carbocycles. The number of esters is 1. The third-order valence-electron chi connectivity index (χ3n) is 2.09. The third kappa shape index (κ3) is 3.27. The van der Waals surface area contributed by atoms with Gasteiger partial charge >= 0.3 is 12.2 Å². The SMILES string of the molecule is CCCCC(N)(C(=O)C=[N+]=[N-])C(=O)OC. The molecule has 0 rings (SSSR count). The summed E-state index contributed by atoms with van der Waals surface area (Å²) in [4.78, 5) is 25.3. The molecule has 0 spiro atoms.